The molecule has 0 unspecified atom stereocenters. The third-order valence-electron chi connectivity index (χ3n) is 4.52. The Bertz CT molecular complexity index is 764. The van der Waals surface area contributed by atoms with Crippen LogP contribution in [0.1, 0.15) is 29.7 Å². The second-order valence-electron chi connectivity index (χ2n) is 6.48. The standard InChI is InChI=1S/C23H24N2O/c1-18(23(26)24-17-19-11-5-2-6-12-19)25-22(20-13-7-3-8-14-20)21-15-9-4-10-16-21/h2-16,18,22,25H,17H2,1H3,(H,24,26)/p+1/t18-/m0/s1. The Labute approximate surface area is 155 Å². The molecule has 0 aliphatic carbocycles. The third-order valence-corrected chi connectivity index (χ3v) is 4.52. The summed E-state index contributed by atoms with van der Waals surface area (Å²) in [5.74, 6) is 0.0470. The summed E-state index contributed by atoms with van der Waals surface area (Å²) in [6, 6.07) is 30.5. The number of carbonyl (C=O) groups is 1. The fourth-order valence-corrected chi connectivity index (χ4v) is 3.06. The van der Waals surface area contributed by atoms with Gasteiger partial charge in [-0.25, -0.2) is 0 Å². The van der Waals surface area contributed by atoms with Crippen molar-refractivity contribution in [2.24, 2.45) is 0 Å². The average molecular weight is 345 g/mol. The van der Waals surface area contributed by atoms with Crippen molar-refractivity contribution in [2.75, 3.05) is 0 Å². The zero-order valence-corrected chi connectivity index (χ0v) is 15.0. The molecule has 0 saturated carbocycles. The molecule has 0 bridgehead atoms. The lowest BCUT2D eigenvalue weighted by Gasteiger charge is -2.20. The molecule has 0 heterocycles. The summed E-state index contributed by atoms with van der Waals surface area (Å²) in [6.07, 6.45) is 0. The molecule has 3 aromatic carbocycles. The maximum absolute atomic E-state index is 12.6. The molecule has 132 valence electrons. The van der Waals surface area contributed by atoms with Crippen LogP contribution in [0.2, 0.25) is 0 Å². The van der Waals surface area contributed by atoms with Crippen LogP contribution in [0.3, 0.4) is 0 Å². The topological polar surface area (TPSA) is 45.7 Å². The number of amides is 1. The van der Waals surface area contributed by atoms with E-state index in [1.807, 2.05) is 73.7 Å². The minimum Gasteiger partial charge on any atom is -0.347 e. The van der Waals surface area contributed by atoms with Gasteiger partial charge in [0.1, 0.15) is 6.04 Å². The number of quaternary nitrogens is 1. The lowest BCUT2D eigenvalue weighted by atomic mass is 9.98. The molecule has 3 aromatic rings. The molecule has 0 saturated heterocycles. The van der Waals surface area contributed by atoms with Crippen molar-refractivity contribution >= 4 is 5.91 Å². The number of nitrogens with two attached hydrogens (primary N) is 1. The normalized spacial score (nSPS) is 11.9. The van der Waals surface area contributed by atoms with Gasteiger partial charge in [0.05, 0.1) is 0 Å². The van der Waals surface area contributed by atoms with E-state index in [9.17, 15) is 4.79 Å². The molecular formula is C23H25N2O+. The largest absolute Gasteiger partial charge is 0.347 e. The second-order valence-corrected chi connectivity index (χ2v) is 6.48. The molecule has 3 N–H and O–H groups in total. The van der Waals surface area contributed by atoms with Gasteiger partial charge in [0.2, 0.25) is 0 Å². The maximum Gasteiger partial charge on any atom is 0.278 e. The fraction of sp³-hybridized carbons (Fsp3) is 0.174. The Morgan fingerprint density at radius 3 is 1.77 bits per heavy atom. The molecule has 0 fully saturated rings. The van der Waals surface area contributed by atoms with Gasteiger partial charge in [0.15, 0.2) is 6.04 Å². The monoisotopic (exact) mass is 345 g/mol. The zero-order chi connectivity index (χ0) is 18.2. The molecule has 3 rings (SSSR count). The summed E-state index contributed by atoms with van der Waals surface area (Å²) in [6.45, 7) is 2.51. The van der Waals surface area contributed by atoms with Crippen LogP contribution in [0.4, 0.5) is 0 Å². The van der Waals surface area contributed by atoms with Crippen LogP contribution in [0.15, 0.2) is 91.0 Å². The van der Waals surface area contributed by atoms with Crippen molar-refractivity contribution < 1.29 is 10.1 Å². The lowest BCUT2D eigenvalue weighted by molar-refractivity contribution is -0.704. The quantitative estimate of drug-likeness (QED) is 0.679. The van der Waals surface area contributed by atoms with Gasteiger partial charge >= 0.3 is 0 Å². The van der Waals surface area contributed by atoms with E-state index >= 15 is 0 Å². The molecule has 1 amide bonds. The van der Waals surface area contributed by atoms with E-state index in [0.29, 0.717) is 6.54 Å². The number of rotatable bonds is 7. The van der Waals surface area contributed by atoms with Crippen molar-refractivity contribution in [1.29, 1.82) is 0 Å². The van der Waals surface area contributed by atoms with E-state index in [1.165, 1.54) is 11.1 Å². The first-order chi connectivity index (χ1) is 12.7. The van der Waals surface area contributed by atoms with Gasteiger partial charge in [-0.1, -0.05) is 91.0 Å². The number of carbonyl (C=O) groups excluding carboxylic acids is 1. The Balaban J connectivity index is 1.69. The zero-order valence-electron chi connectivity index (χ0n) is 15.0. The van der Waals surface area contributed by atoms with Crippen LogP contribution in [0.25, 0.3) is 0 Å². The number of hydrogen-bond donors (Lipinski definition) is 2. The number of hydrogen-bond acceptors (Lipinski definition) is 1. The second kappa shape index (κ2) is 8.97. The molecule has 3 nitrogen and oxygen atoms in total. The molecule has 0 aliphatic heterocycles. The predicted octanol–water partition coefficient (Wildman–Crippen LogP) is 3.04. The lowest BCUT2D eigenvalue weighted by Crippen LogP contribution is -2.92. The minimum atomic E-state index is -0.191. The van der Waals surface area contributed by atoms with Gasteiger partial charge in [-0.2, -0.15) is 0 Å². The minimum absolute atomic E-state index is 0.0470. The maximum atomic E-state index is 12.6. The summed E-state index contributed by atoms with van der Waals surface area (Å²) in [7, 11) is 0. The molecule has 1 atom stereocenters. The van der Waals surface area contributed by atoms with Crippen molar-refractivity contribution in [1.82, 2.24) is 5.32 Å². The highest BCUT2D eigenvalue weighted by Gasteiger charge is 2.24. The average Bonchev–Trinajstić information content (AvgIpc) is 2.72. The van der Waals surface area contributed by atoms with Crippen molar-refractivity contribution in [3.63, 3.8) is 0 Å². The van der Waals surface area contributed by atoms with Gasteiger partial charge < -0.3 is 10.6 Å². The van der Waals surface area contributed by atoms with Crippen LogP contribution in [-0.4, -0.2) is 11.9 Å². The van der Waals surface area contributed by atoms with Crippen LogP contribution in [-0.2, 0) is 11.3 Å². The fourth-order valence-electron chi connectivity index (χ4n) is 3.06. The van der Waals surface area contributed by atoms with Gasteiger partial charge in [0.25, 0.3) is 5.91 Å². The van der Waals surface area contributed by atoms with Crippen LogP contribution < -0.4 is 10.6 Å². The van der Waals surface area contributed by atoms with E-state index < -0.39 is 0 Å². The molecule has 0 aromatic heterocycles. The van der Waals surface area contributed by atoms with Crippen LogP contribution >= 0.6 is 0 Å². The molecular weight excluding hydrogens is 320 g/mol. The molecule has 0 radical (unpaired) electrons. The number of nitrogens with one attached hydrogen (secondary N) is 1. The summed E-state index contributed by atoms with van der Waals surface area (Å²) in [5, 5.41) is 5.17. The van der Waals surface area contributed by atoms with E-state index in [-0.39, 0.29) is 18.0 Å². The van der Waals surface area contributed by atoms with E-state index in [0.717, 1.165) is 5.56 Å². The molecule has 0 aliphatic rings. The SMILES string of the molecule is C[C@H]([NH2+]C(c1ccccc1)c1ccccc1)C(=O)NCc1ccccc1. The van der Waals surface area contributed by atoms with E-state index in [1.54, 1.807) is 0 Å². The van der Waals surface area contributed by atoms with Crippen molar-refractivity contribution in [2.45, 2.75) is 25.6 Å². The Morgan fingerprint density at radius 2 is 1.27 bits per heavy atom. The third kappa shape index (κ3) is 4.80. The highest BCUT2D eigenvalue weighted by molar-refractivity contribution is 5.79. The Kier molecular flexibility index (Phi) is 6.18. The molecule has 0 spiro atoms. The van der Waals surface area contributed by atoms with Gasteiger partial charge in [0, 0.05) is 17.7 Å². The first kappa shape index (κ1) is 17.9. The highest BCUT2D eigenvalue weighted by Crippen LogP contribution is 2.17. The van der Waals surface area contributed by atoms with Gasteiger partial charge in [-0.15, -0.1) is 0 Å². The summed E-state index contributed by atoms with van der Waals surface area (Å²) in [5.41, 5.74) is 3.50. The van der Waals surface area contributed by atoms with Crippen LogP contribution in [0.5, 0.6) is 0 Å². The van der Waals surface area contributed by atoms with Crippen LogP contribution in [0, 0.1) is 0 Å². The predicted molar refractivity (Wildman–Crippen MR) is 104 cm³/mol. The molecule has 3 heteroatoms. The van der Waals surface area contributed by atoms with Crippen molar-refractivity contribution in [3.05, 3.63) is 108 Å². The number of benzene rings is 3. The summed E-state index contributed by atoms with van der Waals surface area (Å²) >= 11 is 0. The smallest absolute Gasteiger partial charge is 0.278 e. The Morgan fingerprint density at radius 1 is 0.808 bits per heavy atom. The van der Waals surface area contributed by atoms with Gasteiger partial charge in [-0.05, 0) is 12.5 Å². The molecule has 26 heavy (non-hydrogen) atoms. The first-order valence-corrected chi connectivity index (χ1v) is 9.00. The highest BCUT2D eigenvalue weighted by atomic mass is 16.2. The first-order valence-electron chi connectivity index (χ1n) is 9.00. The summed E-state index contributed by atoms with van der Waals surface area (Å²) < 4.78 is 0. The van der Waals surface area contributed by atoms with Gasteiger partial charge in [-0.3, -0.25) is 4.79 Å². The van der Waals surface area contributed by atoms with Crippen molar-refractivity contribution in [3.8, 4) is 0 Å². The summed E-state index contributed by atoms with van der Waals surface area (Å²) in [4.78, 5) is 12.6. The van der Waals surface area contributed by atoms with E-state index in [4.69, 9.17) is 0 Å². The van der Waals surface area contributed by atoms with E-state index in [2.05, 4.69) is 34.9 Å². The Hall–Kier alpha value is -2.91.